The Morgan fingerprint density at radius 1 is 1.22 bits per heavy atom. The zero-order valence-corrected chi connectivity index (χ0v) is 17.7. The lowest BCUT2D eigenvalue weighted by Gasteiger charge is -2.19. The van der Waals surface area contributed by atoms with Crippen molar-refractivity contribution in [2.24, 2.45) is 10.4 Å². The fourth-order valence-electron chi connectivity index (χ4n) is 3.06. The van der Waals surface area contributed by atoms with Crippen LogP contribution in [0.2, 0.25) is 0 Å². The first-order valence-electron chi connectivity index (χ1n) is 10.3. The molecule has 0 heterocycles. The second-order valence-corrected chi connectivity index (χ2v) is 7.77. The zero-order chi connectivity index (χ0) is 19.7. The van der Waals surface area contributed by atoms with Crippen molar-refractivity contribution in [3.63, 3.8) is 0 Å². The number of ether oxygens (including phenoxy) is 2. The molecular weight excluding hydrogens is 338 g/mol. The number of nitrogens with zero attached hydrogens (tertiary/aromatic N) is 1. The van der Waals surface area contributed by atoms with Gasteiger partial charge in [-0.05, 0) is 70.9 Å². The van der Waals surface area contributed by atoms with E-state index < -0.39 is 0 Å². The molecule has 1 saturated carbocycles. The van der Waals surface area contributed by atoms with E-state index in [0.717, 1.165) is 50.0 Å². The van der Waals surface area contributed by atoms with Crippen molar-refractivity contribution in [2.75, 3.05) is 26.3 Å². The van der Waals surface area contributed by atoms with Crippen LogP contribution in [0.25, 0.3) is 0 Å². The lowest BCUT2D eigenvalue weighted by molar-refractivity contribution is 0.128. The molecule has 0 unspecified atom stereocenters. The zero-order valence-electron chi connectivity index (χ0n) is 17.7. The summed E-state index contributed by atoms with van der Waals surface area (Å²) < 4.78 is 11.5. The molecule has 0 atom stereocenters. The number of benzene rings is 1. The molecule has 2 N–H and O–H groups in total. The smallest absolute Gasteiger partial charge is 0.191 e. The van der Waals surface area contributed by atoms with E-state index >= 15 is 0 Å². The van der Waals surface area contributed by atoms with Gasteiger partial charge in [-0.25, -0.2) is 4.99 Å². The van der Waals surface area contributed by atoms with E-state index in [1.165, 1.54) is 18.4 Å². The van der Waals surface area contributed by atoms with E-state index in [4.69, 9.17) is 14.5 Å². The van der Waals surface area contributed by atoms with Crippen molar-refractivity contribution >= 4 is 5.96 Å². The molecule has 1 fully saturated rings. The highest BCUT2D eigenvalue weighted by atomic mass is 16.5. The Hall–Kier alpha value is -1.75. The topological polar surface area (TPSA) is 54.9 Å². The van der Waals surface area contributed by atoms with Gasteiger partial charge in [0.05, 0.1) is 12.6 Å². The van der Waals surface area contributed by atoms with Gasteiger partial charge in [0.15, 0.2) is 5.96 Å². The lowest BCUT2D eigenvalue weighted by atomic mass is 10.0. The molecule has 5 nitrogen and oxygen atoms in total. The molecule has 1 aromatic rings. The molecule has 0 saturated heterocycles. The minimum absolute atomic E-state index is 0.154. The van der Waals surface area contributed by atoms with Crippen molar-refractivity contribution in [2.45, 2.75) is 66.5 Å². The molecule has 0 aliphatic heterocycles. The van der Waals surface area contributed by atoms with Crippen LogP contribution >= 0.6 is 0 Å². The average molecular weight is 376 g/mol. The second-order valence-electron chi connectivity index (χ2n) is 7.77. The quantitative estimate of drug-likeness (QED) is 0.348. The van der Waals surface area contributed by atoms with E-state index in [1.54, 1.807) is 0 Å². The molecule has 0 aromatic heterocycles. The summed E-state index contributed by atoms with van der Waals surface area (Å²) in [5, 5.41) is 6.89. The van der Waals surface area contributed by atoms with Crippen LogP contribution in [-0.4, -0.2) is 38.4 Å². The number of hydrogen-bond acceptors (Lipinski definition) is 3. The van der Waals surface area contributed by atoms with Crippen LogP contribution in [0.3, 0.4) is 0 Å². The maximum atomic E-state index is 5.97. The first kappa shape index (κ1) is 21.5. The molecule has 1 aliphatic carbocycles. The largest absolute Gasteiger partial charge is 0.491 e. The van der Waals surface area contributed by atoms with Crippen molar-refractivity contribution in [1.29, 1.82) is 0 Å². The Morgan fingerprint density at radius 2 is 2.00 bits per heavy atom. The third-order valence-corrected chi connectivity index (χ3v) is 4.91. The van der Waals surface area contributed by atoms with Gasteiger partial charge in [-0.1, -0.05) is 12.1 Å². The second kappa shape index (κ2) is 10.5. The molecule has 152 valence electrons. The fourth-order valence-corrected chi connectivity index (χ4v) is 3.06. The molecule has 2 rings (SSSR count). The van der Waals surface area contributed by atoms with Crippen molar-refractivity contribution in [3.8, 4) is 5.75 Å². The summed E-state index contributed by atoms with van der Waals surface area (Å²) in [6.07, 6.45) is 3.83. The maximum Gasteiger partial charge on any atom is 0.191 e. The standard InChI is InChI=1S/C22H37N3O2/c1-6-23-21(25-16-22(10-11-22)12-13-26-7-2)24-15-19-9-8-18(5)14-20(19)27-17(3)4/h8-9,14,17H,6-7,10-13,15-16H2,1-5H3,(H2,23,24,25). The van der Waals surface area contributed by atoms with Crippen LogP contribution in [0.15, 0.2) is 23.2 Å². The lowest BCUT2D eigenvalue weighted by Crippen LogP contribution is -2.40. The third kappa shape index (κ3) is 7.41. The molecule has 0 spiro atoms. The first-order chi connectivity index (χ1) is 13.0. The minimum Gasteiger partial charge on any atom is -0.491 e. The summed E-state index contributed by atoms with van der Waals surface area (Å²) >= 11 is 0. The van der Waals surface area contributed by atoms with Gasteiger partial charge < -0.3 is 20.1 Å². The molecule has 27 heavy (non-hydrogen) atoms. The number of rotatable bonds is 11. The summed E-state index contributed by atoms with van der Waals surface area (Å²) in [6.45, 7) is 14.4. The van der Waals surface area contributed by atoms with Crippen LogP contribution in [0.1, 0.15) is 58.1 Å². The number of hydrogen-bond donors (Lipinski definition) is 2. The highest BCUT2D eigenvalue weighted by Crippen LogP contribution is 2.48. The summed E-state index contributed by atoms with van der Waals surface area (Å²) in [5.74, 6) is 1.80. The van der Waals surface area contributed by atoms with Gasteiger partial charge in [-0.3, -0.25) is 0 Å². The Bertz CT molecular complexity index is 610. The predicted octanol–water partition coefficient (Wildman–Crippen LogP) is 4.04. The van der Waals surface area contributed by atoms with Gasteiger partial charge >= 0.3 is 0 Å². The molecule has 1 aromatic carbocycles. The fraction of sp³-hybridized carbons (Fsp3) is 0.682. The Balaban J connectivity index is 1.97. The van der Waals surface area contributed by atoms with Crippen LogP contribution in [0.4, 0.5) is 0 Å². The Morgan fingerprint density at radius 3 is 2.63 bits per heavy atom. The summed E-state index contributed by atoms with van der Waals surface area (Å²) in [4.78, 5) is 4.79. The van der Waals surface area contributed by atoms with Crippen LogP contribution in [0.5, 0.6) is 5.75 Å². The van der Waals surface area contributed by atoms with Gasteiger partial charge in [0.25, 0.3) is 0 Å². The summed E-state index contributed by atoms with van der Waals surface area (Å²) in [6, 6.07) is 6.33. The van der Waals surface area contributed by atoms with E-state index in [0.29, 0.717) is 12.0 Å². The number of guanidine groups is 1. The van der Waals surface area contributed by atoms with Gasteiger partial charge in [-0.2, -0.15) is 0 Å². The highest BCUT2D eigenvalue weighted by Gasteiger charge is 2.41. The Labute approximate surface area is 164 Å². The van der Waals surface area contributed by atoms with Crippen LogP contribution in [0, 0.1) is 12.3 Å². The van der Waals surface area contributed by atoms with Crippen LogP contribution < -0.4 is 15.4 Å². The van der Waals surface area contributed by atoms with Crippen LogP contribution in [-0.2, 0) is 11.3 Å². The molecular formula is C22H37N3O2. The molecule has 0 bridgehead atoms. The maximum absolute atomic E-state index is 5.97. The SMILES string of the molecule is CCNC(=NCc1ccc(C)cc1OC(C)C)NCC1(CCOCC)CC1. The van der Waals surface area contributed by atoms with Gasteiger partial charge in [0.2, 0.25) is 0 Å². The number of aryl methyl sites for hydroxylation is 1. The molecule has 0 amide bonds. The van der Waals surface area contributed by atoms with Gasteiger partial charge in [0, 0.05) is 31.9 Å². The highest BCUT2D eigenvalue weighted by molar-refractivity contribution is 5.79. The van der Waals surface area contributed by atoms with Crippen molar-refractivity contribution < 1.29 is 9.47 Å². The van der Waals surface area contributed by atoms with Crippen molar-refractivity contribution in [3.05, 3.63) is 29.3 Å². The predicted molar refractivity (Wildman–Crippen MR) is 113 cm³/mol. The summed E-state index contributed by atoms with van der Waals surface area (Å²) in [5.41, 5.74) is 2.71. The normalized spacial score (nSPS) is 15.7. The summed E-state index contributed by atoms with van der Waals surface area (Å²) in [7, 11) is 0. The third-order valence-electron chi connectivity index (χ3n) is 4.91. The Kier molecular flexibility index (Phi) is 8.42. The number of aliphatic imine (C=N–C) groups is 1. The van der Waals surface area contributed by atoms with E-state index in [2.05, 4.69) is 63.5 Å². The average Bonchev–Trinajstić information content (AvgIpc) is 3.38. The molecule has 1 aliphatic rings. The van der Waals surface area contributed by atoms with E-state index in [1.807, 2.05) is 0 Å². The van der Waals surface area contributed by atoms with Gasteiger partial charge in [0.1, 0.15) is 5.75 Å². The first-order valence-corrected chi connectivity index (χ1v) is 10.3. The molecule has 0 radical (unpaired) electrons. The van der Waals surface area contributed by atoms with Gasteiger partial charge in [-0.15, -0.1) is 0 Å². The monoisotopic (exact) mass is 375 g/mol. The molecule has 5 heteroatoms. The van der Waals surface area contributed by atoms with E-state index in [9.17, 15) is 0 Å². The van der Waals surface area contributed by atoms with E-state index in [-0.39, 0.29) is 6.10 Å². The van der Waals surface area contributed by atoms with Crippen molar-refractivity contribution in [1.82, 2.24) is 10.6 Å². The number of nitrogens with one attached hydrogen (secondary N) is 2. The minimum atomic E-state index is 0.154.